The predicted octanol–water partition coefficient (Wildman–Crippen LogP) is -0.853. The van der Waals surface area contributed by atoms with Gasteiger partial charge in [0.05, 0.1) is 0 Å². The lowest BCUT2D eigenvalue weighted by Gasteiger charge is -2.19. The minimum absolute atomic E-state index is 0. The molecular formula is C15H16ClN2O2-. The standard InChI is InChI=1S/C15H16N2O2.ClH/c1-2-13(10-16-5-1)11-17-9-12-3-4-14-15(8-12)19-7-6-18-14;/h1-5,8,10,17H,6-7,9,11H2;1H/p-1. The molecule has 0 atom stereocenters. The number of nitrogens with one attached hydrogen (secondary N) is 1. The molecule has 0 amide bonds. The van der Waals surface area contributed by atoms with Gasteiger partial charge in [0.1, 0.15) is 13.2 Å². The molecule has 0 fully saturated rings. The van der Waals surface area contributed by atoms with Crippen LogP contribution in [-0.4, -0.2) is 18.2 Å². The molecule has 0 radical (unpaired) electrons. The van der Waals surface area contributed by atoms with Crippen LogP contribution < -0.4 is 27.2 Å². The molecule has 0 spiro atoms. The van der Waals surface area contributed by atoms with Crippen LogP contribution in [0.2, 0.25) is 0 Å². The number of aromatic nitrogens is 1. The molecule has 5 heteroatoms. The molecule has 1 aromatic heterocycles. The Morgan fingerprint density at radius 1 is 1.00 bits per heavy atom. The first-order chi connectivity index (χ1) is 9.42. The number of halogens is 1. The number of nitrogens with zero attached hydrogens (tertiary/aromatic N) is 1. The Bertz CT molecular complexity index is 549. The lowest BCUT2D eigenvalue weighted by Crippen LogP contribution is -3.00. The maximum Gasteiger partial charge on any atom is 0.161 e. The Labute approximate surface area is 124 Å². The van der Waals surface area contributed by atoms with Gasteiger partial charge in [-0.15, -0.1) is 0 Å². The van der Waals surface area contributed by atoms with Gasteiger partial charge in [0.25, 0.3) is 0 Å². The van der Waals surface area contributed by atoms with E-state index in [9.17, 15) is 0 Å². The van der Waals surface area contributed by atoms with Crippen molar-refractivity contribution in [1.82, 2.24) is 10.3 Å². The average Bonchev–Trinajstić information content (AvgIpc) is 2.48. The number of hydrogen-bond acceptors (Lipinski definition) is 4. The monoisotopic (exact) mass is 291 g/mol. The topological polar surface area (TPSA) is 43.4 Å². The SMILES string of the molecule is [Cl-].c1cncc(CNCc2ccc3c(c2)OCCO3)c1. The number of rotatable bonds is 4. The number of hydrogen-bond donors (Lipinski definition) is 1. The molecule has 4 nitrogen and oxygen atoms in total. The lowest BCUT2D eigenvalue weighted by molar-refractivity contribution is -0.00000450. The molecule has 1 aliphatic heterocycles. The number of ether oxygens (including phenoxy) is 2. The predicted molar refractivity (Wildman–Crippen MR) is 72.2 cm³/mol. The average molecular weight is 292 g/mol. The summed E-state index contributed by atoms with van der Waals surface area (Å²) >= 11 is 0. The largest absolute Gasteiger partial charge is 1.00 e. The van der Waals surface area contributed by atoms with Crippen LogP contribution in [0.3, 0.4) is 0 Å². The fourth-order valence-corrected chi connectivity index (χ4v) is 2.05. The van der Waals surface area contributed by atoms with Crippen molar-refractivity contribution >= 4 is 0 Å². The quantitative estimate of drug-likeness (QED) is 0.797. The Balaban J connectivity index is 0.00000147. The van der Waals surface area contributed by atoms with Gasteiger partial charge in [0, 0.05) is 25.5 Å². The van der Waals surface area contributed by atoms with Crippen LogP contribution in [0.5, 0.6) is 11.5 Å². The van der Waals surface area contributed by atoms with Crippen molar-refractivity contribution in [2.24, 2.45) is 0 Å². The van der Waals surface area contributed by atoms with Crippen molar-refractivity contribution in [3.8, 4) is 11.5 Å². The van der Waals surface area contributed by atoms with E-state index in [0.717, 1.165) is 24.6 Å². The van der Waals surface area contributed by atoms with Crippen LogP contribution >= 0.6 is 0 Å². The second-order valence-corrected chi connectivity index (χ2v) is 4.44. The third kappa shape index (κ3) is 3.62. The highest BCUT2D eigenvalue weighted by Gasteiger charge is 2.11. The van der Waals surface area contributed by atoms with Gasteiger partial charge < -0.3 is 27.2 Å². The Kier molecular flexibility index (Phi) is 5.21. The summed E-state index contributed by atoms with van der Waals surface area (Å²) < 4.78 is 11.1. The maximum absolute atomic E-state index is 5.57. The van der Waals surface area contributed by atoms with Crippen molar-refractivity contribution < 1.29 is 21.9 Å². The van der Waals surface area contributed by atoms with Crippen LogP contribution in [0, 0.1) is 0 Å². The number of fused-ring (bicyclic) bond motifs is 1. The molecular weight excluding hydrogens is 276 g/mol. The van der Waals surface area contributed by atoms with Crippen molar-refractivity contribution in [2.45, 2.75) is 13.1 Å². The second-order valence-electron chi connectivity index (χ2n) is 4.44. The van der Waals surface area contributed by atoms with E-state index < -0.39 is 0 Å². The van der Waals surface area contributed by atoms with Gasteiger partial charge in [-0.05, 0) is 29.3 Å². The minimum atomic E-state index is 0. The first-order valence-electron chi connectivity index (χ1n) is 6.40. The zero-order valence-electron chi connectivity index (χ0n) is 11.0. The molecule has 2 aromatic rings. The summed E-state index contributed by atoms with van der Waals surface area (Å²) in [6.07, 6.45) is 3.65. The minimum Gasteiger partial charge on any atom is -1.00 e. The molecule has 1 aliphatic rings. The first kappa shape index (κ1) is 14.6. The molecule has 0 aliphatic carbocycles. The van der Waals surface area contributed by atoms with E-state index in [0.29, 0.717) is 13.2 Å². The van der Waals surface area contributed by atoms with Crippen LogP contribution in [0.25, 0.3) is 0 Å². The Morgan fingerprint density at radius 3 is 2.60 bits per heavy atom. The smallest absolute Gasteiger partial charge is 0.161 e. The molecule has 0 saturated heterocycles. The van der Waals surface area contributed by atoms with E-state index >= 15 is 0 Å². The summed E-state index contributed by atoms with van der Waals surface area (Å²) in [4.78, 5) is 4.09. The van der Waals surface area contributed by atoms with Crippen molar-refractivity contribution in [3.63, 3.8) is 0 Å². The third-order valence-corrected chi connectivity index (χ3v) is 2.99. The fourth-order valence-electron chi connectivity index (χ4n) is 2.05. The van der Waals surface area contributed by atoms with E-state index in [1.54, 1.807) is 6.20 Å². The van der Waals surface area contributed by atoms with Crippen molar-refractivity contribution in [2.75, 3.05) is 13.2 Å². The lowest BCUT2D eigenvalue weighted by atomic mass is 10.2. The van der Waals surface area contributed by atoms with Crippen molar-refractivity contribution in [3.05, 3.63) is 53.9 Å². The molecule has 3 rings (SSSR count). The van der Waals surface area contributed by atoms with Crippen LogP contribution in [0.4, 0.5) is 0 Å². The summed E-state index contributed by atoms with van der Waals surface area (Å²) in [6, 6.07) is 10.1. The summed E-state index contributed by atoms with van der Waals surface area (Å²) in [5, 5.41) is 3.39. The molecule has 0 bridgehead atoms. The Hall–Kier alpha value is -1.78. The Morgan fingerprint density at radius 2 is 1.80 bits per heavy atom. The van der Waals surface area contributed by atoms with E-state index in [2.05, 4.69) is 22.4 Å². The van der Waals surface area contributed by atoms with Gasteiger partial charge in [0.15, 0.2) is 11.5 Å². The molecule has 106 valence electrons. The summed E-state index contributed by atoms with van der Waals surface area (Å²) in [7, 11) is 0. The highest BCUT2D eigenvalue weighted by atomic mass is 35.5. The molecule has 0 unspecified atom stereocenters. The normalized spacial score (nSPS) is 12.6. The van der Waals surface area contributed by atoms with Crippen molar-refractivity contribution in [1.29, 1.82) is 0 Å². The van der Waals surface area contributed by atoms with E-state index in [4.69, 9.17) is 9.47 Å². The van der Waals surface area contributed by atoms with Gasteiger partial charge in [-0.3, -0.25) is 4.98 Å². The fraction of sp³-hybridized carbons (Fsp3) is 0.267. The zero-order chi connectivity index (χ0) is 12.9. The summed E-state index contributed by atoms with van der Waals surface area (Å²) in [6.45, 7) is 2.86. The van der Waals surface area contributed by atoms with E-state index in [1.807, 2.05) is 24.4 Å². The maximum atomic E-state index is 5.57. The van der Waals surface area contributed by atoms with Crippen LogP contribution in [-0.2, 0) is 13.1 Å². The van der Waals surface area contributed by atoms with Gasteiger partial charge in [0.2, 0.25) is 0 Å². The van der Waals surface area contributed by atoms with Gasteiger partial charge in [-0.1, -0.05) is 12.1 Å². The van der Waals surface area contributed by atoms with Crippen LogP contribution in [0.15, 0.2) is 42.7 Å². The molecule has 0 saturated carbocycles. The van der Waals surface area contributed by atoms with E-state index in [1.165, 1.54) is 11.1 Å². The van der Waals surface area contributed by atoms with Gasteiger partial charge in [-0.25, -0.2) is 0 Å². The highest BCUT2D eigenvalue weighted by molar-refractivity contribution is 5.43. The summed E-state index contributed by atoms with van der Waals surface area (Å²) in [5.74, 6) is 1.68. The molecule has 1 N–H and O–H groups in total. The van der Waals surface area contributed by atoms with Gasteiger partial charge >= 0.3 is 0 Å². The summed E-state index contributed by atoms with van der Waals surface area (Å²) in [5.41, 5.74) is 2.37. The molecule has 1 aromatic carbocycles. The van der Waals surface area contributed by atoms with Crippen LogP contribution in [0.1, 0.15) is 11.1 Å². The van der Waals surface area contributed by atoms with Gasteiger partial charge in [-0.2, -0.15) is 0 Å². The first-order valence-corrected chi connectivity index (χ1v) is 6.40. The third-order valence-electron chi connectivity index (χ3n) is 2.99. The zero-order valence-corrected chi connectivity index (χ0v) is 11.8. The number of benzene rings is 1. The second kappa shape index (κ2) is 7.12. The molecule has 2 heterocycles. The molecule has 20 heavy (non-hydrogen) atoms. The number of pyridine rings is 1. The van der Waals surface area contributed by atoms with E-state index in [-0.39, 0.29) is 12.4 Å². The highest BCUT2D eigenvalue weighted by Crippen LogP contribution is 2.30.